The lowest BCUT2D eigenvalue weighted by atomic mass is 10.2. The average Bonchev–Trinajstić information content (AvgIpc) is 2.59. The van der Waals surface area contributed by atoms with Crippen LogP contribution in [0.4, 0.5) is 0 Å². The van der Waals surface area contributed by atoms with E-state index in [-0.39, 0.29) is 5.84 Å². The van der Waals surface area contributed by atoms with Gasteiger partial charge < -0.3 is 5.73 Å². The van der Waals surface area contributed by atoms with Gasteiger partial charge in [-0.25, -0.2) is 0 Å². The number of hydrogen-bond donors (Lipinski definition) is 2. The first-order valence-electron chi connectivity index (χ1n) is 5.41. The molecule has 0 saturated heterocycles. The van der Waals surface area contributed by atoms with E-state index in [9.17, 15) is 0 Å². The lowest BCUT2D eigenvalue weighted by Gasteiger charge is -2.07. The number of aromatic nitrogens is 2. The van der Waals surface area contributed by atoms with Crippen LogP contribution in [0.1, 0.15) is 11.3 Å². The van der Waals surface area contributed by atoms with Gasteiger partial charge in [-0.3, -0.25) is 10.1 Å². The van der Waals surface area contributed by atoms with Gasteiger partial charge in [-0.15, -0.1) is 0 Å². The van der Waals surface area contributed by atoms with Crippen LogP contribution in [0.15, 0.2) is 28.1 Å². The normalized spacial score (nSPS) is 10.7. The summed E-state index contributed by atoms with van der Waals surface area (Å²) in [5, 5.41) is 13.9. The van der Waals surface area contributed by atoms with Gasteiger partial charge in [0.1, 0.15) is 10.9 Å². The lowest BCUT2D eigenvalue weighted by molar-refractivity contribution is 0.692. The van der Waals surface area contributed by atoms with Gasteiger partial charge in [-0.2, -0.15) is 5.10 Å². The number of benzene rings is 1. The Hall–Kier alpha value is -1.17. The predicted molar refractivity (Wildman–Crippen MR) is 79.5 cm³/mol. The van der Waals surface area contributed by atoms with Crippen molar-refractivity contribution in [2.24, 2.45) is 12.8 Å². The summed E-state index contributed by atoms with van der Waals surface area (Å²) < 4.78 is 1.69. The largest absolute Gasteiger partial charge is 0.384 e. The minimum Gasteiger partial charge on any atom is -0.384 e. The Kier molecular flexibility index (Phi) is 4.08. The van der Waals surface area contributed by atoms with Crippen LogP contribution in [0.3, 0.4) is 0 Å². The zero-order valence-electron chi connectivity index (χ0n) is 10.4. The molecule has 2 aromatic rings. The second-order valence-electron chi connectivity index (χ2n) is 3.98. The molecule has 3 N–H and O–H groups in total. The maximum atomic E-state index is 7.64. The van der Waals surface area contributed by atoms with Gasteiger partial charge in [0.15, 0.2) is 0 Å². The Morgan fingerprint density at radius 1 is 1.42 bits per heavy atom. The first-order valence-corrected chi connectivity index (χ1v) is 6.98. The second kappa shape index (κ2) is 5.45. The van der Waals surface area contributed by atoms with E-state index in [1.165, 1.54) is 11.8 Å². The lowest BCUT2D eigenvalue weighted by Crippen LogP contribution is -2.13. The minimum atomic E-state index is -0.00810. The summed E-state index contributed by atoms with van der Waals surface area (Å²) >= 11 is 13.5. The van der Waals surface area contributed by atoms with E-state index in [4.69, 9.17) is 34.3 Å². The fourth-order valence-electron chi connectivity index (χ4n) is 1.72. The van der Waals surface area contributed by atoms with Crippen LogP contribution in [0.5, 0.6) is 0 Å². The molecule has 0 aliphatic carbocycles. The van der Waals surface area contributed by atoms with Crippen molar-refractivity contribution in [3.05, 3.63) is 39.5 Å². The number of rotatable bonds is 3. The SMILES string of the molecule is Cc1nn(C)c(Sc2cc(Cl)ccc2Cl)c1C(=N)N. The van der Waals surface area contributed by atoms with Gasteiger partial charge in [-0.1, -0.05) is 35.0 Å². The summed E-state index contributed by atoms with van der Waals surface area (Å²) in [6.45, 7) is 1.82. The van der Waals surface area contributed by atoms with Crippen molar-refractivity contribution in [3.8, 4) is 0 Å². The van der Waals surface area contributed by atoms with E-state index in [0.29, 0.717) is 15.6 Å². The zero-order valence-corrected chi connectivity index (χ0v) is 12.7. The third-order valence-electron chi connectivity index (χ3n) is 2.54. The molecular weight excluding hydrogens is 303 g/mol. The molecule has 1 heterocycles. The molecule has 0 fully saturated rings. The van der Waals surface area contributed by atoms with Crippen molar-refractivity contribution >= 4 is 40.8 Å². The third-order valence-corrected chi connectivity index (χ3v) is 4.43. The van der Waals surface area contributed by atoms with E-state index in [1.807, 2.05) is 6.92 Å². The number of nitrogens with two attached hydrogens (primary N) is 1. The van der Waals surface area contributed by atoms with E-state index in [2.05, 4.69) is 5.10 Å². The highest BCUT2D eigenvalue weighted by molar-refractivity contribution is 7.99. The van der Waals surface area contributed by atoms with E-state index >= 15 is 0 Å². The third kappa shape index (κ3) is 2.88. The summed E-state index contributed by atoms with van der Waals surface area (Å²) in [6, 6.07) is 5.25. The molecule has 0 atom stereocenters. The molecule has 0 bridgehead atoms. The number of nitrogens with one attached hydrogen (secondary N) is 1. The first-order chi connectivity index (χ1) is 8.90. The van der Waals surface area contributed by atoms with Crippen LogP contribution >= 0.6 is 35.0 Å². The smallest absolute Gasteiger partial charge is 0.127 e. The predicted octanol–water partition coefficient (Wildman–Crippen LogP) is 3.47. The van der Waals surface area contributed by atoms with Gasteiger partial charge in [-0.05, 0) is 25.1 Å². The molecule has 0 radical (unpaired) electrons. The van der Waals surface area contributed by atoms with Crippen molar-refractivity contribution in [1.82, 2.24) is 9.78 Å². The van der Waals surface area contributed by atoms with Crippen molar-refractivity contribution < 1.29 is 0 Å². The molecule has 0 amide bonds. The Bertz CT molecular complexity index is 651. The topological polar surface area (TPSA) is 67.7 Å². The highest BCUT2D eigenvalue weighted by Gasteiger charge is 2.18. The quantitative estimate of drug-likeness (QED) is 0.673. The molecule has 7 heteroatoms. The van der Waals surface area contributed by atoms with Crippen molar-refractivity contribution in [3.63, 3.8) is 0 Å². The van der Waals surface area contributed by atoms with Crippen molar-refractivity contribution in [2.75, 3.05) is 0 Å². The molecule has 100 valence electrons. The van der Waals surface area contributed by atoms with E-state index in [0.717, 1.165) is 15.6 Å². The highest BCUT2D eigenvalue weighted by atomic mass is 35.5. The molecule has 19 heavy (non-hydrogen) atoms. The van der Waals surface area contributed by atoms with E-state index < -0.39 is 0 Å². The van der Waals surface area contributed by atoms with Gasteiger partial charge in [0.05, 0.1) is 16.3 Å². The van der Waals surface area contributed by atoms with Crippen LogP contribution in [-0.2, 0) is 7.05 Å². The van der Waals surface area contributed by atoms with Gasteiger partial charge in [0.25, 0.3) is 0 Å². The monoisotopic (exact) mass is 314 g/mol. The minimum absolute atomic E-state index is 0.00810. The van der Waals surface area contributed by atoms with Crippen molar-refractivity contribution in [1.29, 1.82) is 5.41 Å². The number of amidine groups is 1. The van der Waals surface area contributed by atoms with Gasteiger partial charge in [0.2, 0.25) is 0 Å². The summed E-state index contributed by atoms with van der Waals surface area (Å²) in [5.74, 6) is -0.00810. The van der Waals surface area contributed by atoms with Crippen LogP contribution in [0.25, 0.3) is 0 Å². The van der Waals surface area contributed by atoms with Crippen LogP contribution in [0, 0.1) is 12.3 Å². The fraction of sp³-hybridized carbons (Fsp3) is 0.167. The molecule has 0 saturated carbocycles. The summed E-state index contributed by atoms with van der Waals surface area (Å²) in [6.07, 6.45) is 0. The molecule has 1 aromatic heterocycles. The maximum Gasteiger partial charge on any atom is 0.127 e. The number of nitrogens with zero attached hydrogens (tertiary/aromatic N) is 2. The molecular formula is C12H12Cl2N4S. The number of aryl methyl sites for hydroxylation is 2. The molecule has 0 spiro atoms. The molecule has 2 rings (SSSR count). The Morgan fingerprint density at radius 2 is 2.11 bits per heavy atom. The van der Waals surface area contributed by atoms with Crippen molar-refractivity contribution in [2.45, 2.75) is 16.8 Å². The summed E-state index contributed by atoms with van der Waals surface area (Å²) in [7, 11) is 1.81. The van der Waals surface area contributed by atoms with Crippen LogP contribution in [0.2, 0.25) is 10.0 Å². The Labute approximate surface area is 125 Å². The van der Waals surface area contributed by atoms with E-state index in [1.54, 1.807) is 29.9 Å². The standard InChI is InChI=1S/C12H12Cl2N4S/c1-6-10(11(15)16)12(18(2)17-6)19-9-5-7(13)3-4-8(9)14/h3-5H,1-2H3,(H3,15,16). The number of halogens is 2. The molecule has 1 aromatic carbocycles. The average molecular weight is 315 g/mol. The maximum absolute atomic E-state index is 7.64. The molecule has 0 aliphatic rings. The fourth-order valence-corrected chi connectivity index (χ4v) is 3.29. The Balaban J connectivity index is 2.49. The zero-order chi connectivity index (χ0) is 14.2. The second-order valence-corrected chi connectivity index (χ2v) is 5.85. The molecule has 4 nitrogen and oxygen atoms in total. The molecule has 0 unspecified atom stereocenters. The van der Waals surface area contributed by atoms with Gasteiger partial charge >= 0.3 is 0 Å². The number of hydrogen-bond acceptors (Lipinski definition) is 3. The number of nitrogen functional groups attached to an aromatic ring is 1. The summed E-state index contributed by atoms with van der Waals surface area (Å²) in [4.78, 5) is 0.805. The summed E-state index contributed by atoms with van der Waals surface area (Å²) in [5.41, 5.74) is 6.95. The highest BCUT2D eigenvalue weighted by Crippen LogP contribution is 2.37. The molecule has 0 aliphatic heterocycles. The van der Waals surface area contributed by atoms with Gasteiger partial charge in [0, 0.05) is 17.0 Å². The Morgan fingerprint density at radius 3 is 2.74 bits per heavy atom. The first kappa shape index (κ1) is 14.2. The van der Waals surface area contributed by atoms with Crippen LogP contribution in [-0.4, -0.2) is 15.6 Å². The van der Waals surface area contributed by atoms with Crippen LogP contribution < -0.4 is 5.73 Å².